The van der Waals surface area contributed by atoms with Crippen LogP contribution in [-0.2, 0) is 13.2 Å². The van der Waals surface area contributed by atoms with Gasteiger partial charge >= 0.3 is 0 Å². The number of aliphatic hydroxyl groups is 1. The molecule has 0 spiro atoms. The Morgan fingerprint density at radius 3 is 2.48 bits per heavy atom. The molecule has 4 nitrogen and oxygen atoms in total. The van der Waals surface area contributed by atoms with Crippen LogP contribution in [0.25, 0.3) is 0 Å². The smallest absolute Gasteiger partial charge is 0.175 e. The Morgan fingerprint density at radius 1 is 1.07 bits per heavy atom. The standard InChI is InChI=1S/C20H25BrFNO3.ClH/c1-25-19-12-16(13-23-9-3-2-4-10-24)11-18(21)20(19)26-14-15-5-7-17(22)8-6-15;/h5-8,11-12,23-24H,2-4,9-10,13-14H2,1H3;1H. The molecule has 0 atom stereocenters. The number of ether oxygens (including phenoxy) is 2. The summed E-state index contributed by atoms with van der Waals surface area (Å²) >= 11 is 3.55. The van der Waals surface area contributed by atoms with Crippen LogP contribution in [-0.4, -0.2) is 25.4 Å². The van der Waals surface area contributed by atoms with Gasteiger partial charge in [0.15, 0.2) is 11.5 Å². The monoisotopic (exact) mass is 461 g/mol. The molecule has 0 aliphatic rings. The van der Waals surface area contributed by atoms with E-state index in [-0.39, 0.29) is 24.8 Å². The van der Waals surface area contributed by atoms with Gasteiger partial charge < -0.3 is 19.9 Å². The van der Waals surface area contributed by atoms with Crippen molar-refractivity contribution in [1.29, 1.82) is 0 Å². The SMILES string of the molecule is COc1cc(CNCCCCCO)cc(Br)c1OCc1ccc(F)cc1.Cl. The van der Waals surface area contributed by atoms with E-state index in [1.807, 2.05) is 12.1 Å². The summed E-state index contributed by atoms with van der Waals surface area (Å²) in [7, 11) is 1.61. The van der Waals surface area contributed by atoms with Crippen LogP contribution in [0.2, 0.25) is 0 Å². The lowest BCUT2D eigenvalue weighted by atomic mass is 10.2. The Balaban J connectivity index is 0.00000364. The van der Waals surface area contributed by atoms with Crippen molar-refractivity contribution in [3.05, 3.63) is 57.8 Å². The molecule has 0 aromatic heterocycles. The van der Waals surface area contributed by atoms with E-state index in [2.05, 4.69) is 21.2 Å². The second-order valence-electron chi connectivity index (χ2n) is 5.99. The van der Waals surface area contributed by atoms with Gasteiger partial charge in [0.1, 0.15) is 12.4 Å². The number of hydrogen-bond acceptors (Lipinski definition) is 4. The first-order valence-electron chi connectivity index (χ1n) is 8.69. The van der Waals surface area contributed by atoms with E-state index >= 15 is 0 Å². The van der Waals surface area contributed by atoms with E-state index < -0.39 is 0 Å². The van der Waals surface area contributed by atoms with E-state index in [1.165, 1.54) is 12.1 Å². The Kier molecular flexibility index (Phi) is 11.4. The van der Waals surface area contributed by atoms with Crippen molar-refractivity contribution in [1.82, 2.24) is 5.32 Å². The summed E-state index contributed by atoms with van der Waals surface area (Å²) in [6, 6.07) is 10.2. The van der Waals surface area contributed by atoms with E-state index in [1.54, 1.807) is 19.2 Å². The number of methoxy groups -OCH3 is 1. The lowest BCUT2D eigenvalue weighted by Crippen LogP contribution is -2.15. The van der Waals surface area contributed by atoms with Gasteiger partial charge in [-0.3, -0.25) is 0 Å². The van der Waals surface area contributed by atoms with E-state index in [9.17, 15) is 4.39 Å². The van der Waals surface area contributed by atoms with Crippen LogP contribution in [0.15, 0.2) is 40.9 Å². The molecule has 2 N–H and O–H groups in total. The summed E-state index contributed by atoms with van der Waals surface area (Å²) in [6.45, 7) is 2.22. The van der Waals surface area contributed by atoms with E-state index in [0.29, 0.717) is 18.1 Å². The minimum absolute atomic E-state index is 0. The minimum atomic E-state index is -0.263. The molecule has 0 heterocycles. The van der Waals surface area contributed by atoms with Gasteiger partial charge in [-0.15, -0.1) is 12.4 Å². The Hall–Kier alpha value is -1.34. The van der Waals surface area contributed by atoms with Crippen LogP contribution >= 0.6 is 28.3 Å². The predicted octanol–water partition coefficient (Wildman–Crippen LogP) is 4.85. The number of benzene rings is 2. The highest BCUT2D eigenvalue weighted by atomic mass is 79.9. The lowest BCUT2D eigenvalue weighted by Gasteiger charge is -2.15. The fourth-order valence-electron chi connectivity index (χ4n) is 2.52. The quantitative estimate of drug-likeness (QED) is 0.469. The summed E-state index contributed by atoms with van der Waals surface area (Å²) in [5.41, 5.74) is 1.97. The number of rotatable bonds is 11. The molecule has 7 heteroatoms. The Bertz CT molecular complexity index is 686. The molecule has 0 unspecified atom stereocenters. The normalized spacial score (nSPS) is 10.4. The van der Waals surface area contributed by atoms with Crippen molar-refractivity contribution in [2.24, 2.45) is 0 Å². The molecule has 0 radical (unpaired) electrons. The summed E-state index contributed by atoms with van der Waals surface area (Å²) in [5, 5.41) is 12.2. The molecule has 0 bridgehead atoms. The van der Waals surface area contributed by atoms with Crippen molar-refractivity contribution >= 4 is 28.3 Å². The summed E-state index contributed by atoms with van der Waals surface area (Å²) in [6.07, 6.45) is 2.91. The third-order valence-corrected chi connectivity index (χ3v) is 4.52. The third-order valence-electron chi connectivity index (χ3n) is 3.93. The number of halogens is 3. The van der Waals surface area contributed by atoms with Crippen molar-refractivity contribution in [3.8, 4) is 11.5 Å². The Labute approximate surface area is 174 Å². The second-order valence-corrected chi connectivity index (χ2v) is 6.84. The number of aliphatic hydroxyl groups excluding tert-OH is 1. The zero-order chi connectivity index (χ0) is 18.8. The van der Waals surface area contributed by atoms with Crippen LogP contribution in [0.1, 0.15) is 30.4 Å². The molecule has 0 saturated carbocycles. The molecule has 0 amide bonds. The Morgan fingerprint density at radius 2 is 1.81 bits per heavy atom. The van der Waals surface area contributed by atoms with Crippen LogP contribution < -0.4 is 14.8 Å². The predicted molar refractivity (Wildman–Crippen MR) is 111 cm³/mol. The second kappa shape index (κ2) is 12.9. The maximum absolute atomic E-state index is 13.0. The van der Waals surface area contributed by atoms with Gasteiger partial charge in [0.2, 0.25) is 0 Å². The van der Waals surface area contributed by atoms with Crippen molar-refractivity contribution < 1.29 is 19.0 Å². The summed E-state index contributed by atoms with van der Waals surface area (Å²) in [4.78, 5) is 0. The van der Waals surface area contributed by atoms with Gasteiger partial charge in [-0.05, 0) is 77.1 Å². The lowest BCUT2D eigenvalue weighted by molar-refractivity contribution is 0.282. The van der Waals surface area contributed by atoms with Gasteiger partial charge in [0.05, 0.1) is 11.6 Å². The molecular formula is C20H26BrClFNO3. The largest absolute Gasteiger partial charge is 0.493 e. The fourth-order valence-corrected chi connectivity index (χ4v) is 3.13. The van der Waals surface area contributed by atoms with Gasteiger partial charge in [-0.1, -0.05) is 12.1 Å². The van der Waals surface area contributed by atoms with Gasteiger partial charge in [0, 0.05) is 13.2 Å². The first kappa shape index (κ1) is 23.7. The first-order chi connectivity index (χ1) is 12.6. The van der Waals surface area contributed by atoms with Crippen LogP contribution in [0, 0.1) is 5.82 Å². The number of nitrogens with one attached hydrogen (secondary N) is 1. The van der Waals surface area contributed by atoms with Crippen molar-refractivity contribution in [2.45, 2.75) is 32.4 Å². The van der Waals surface area contributed by atoms with Crippen molar-refractivity contribution in [2.75, 3.05) is 20.3 Å². The summed E-state index contributed by atoms with van der Waals surface area (Å²) < 4.78 is 25.1. The molecule has 0 aliphatic carbocycles. The number of hydrogen-bond donors (Lipinski definition) is 2. The highest BCUT2D eigenvalue weighted by Crippen LogP contribution is 2.37. The molecule has 2 aromatic rings. The highest BCUT2D eigenvalue weighted by molar-refractivity contribution is 9.10. The molecular weight excluding hydrogens is 437 g/mol. The van der Waals surface area contributed by atoms with Gasteiger partial charge in [0.25, 0.3) is 0 Å². The summed E-state index contributed by atoms with van der Waals surface area (Å²) in [5.74, 6) is 1.02. The average Bonchev–Trinajstić information content (AvgIpc) is 2.64. The maximum atomic E-state index is 13.0. The van der Waals surface area contributed by atoms with E-state index in [0.717, 1.165) is 48.0 Å². The zero-order valence-electron chi connectivity index (χ0n) is 15.3. The van der Waals surface area contributed by atoms with Crippen molar-refractivity contribution in [3.63, 3.8) is 0 Å². The molecule has 0 saturated heterocycles. The van der Waals surface area contributed by atoms with Crippen LogP contribution in [0.4, 0.5) is 4.39 Å². The highest BCUT2D eigenvalue weighted by Gasteiger charge is 2.12. The topological polar surface area (TPSA) is 50.7 Å². The molecule has 2 aromatic carbocycles. The molecule has 2 rings (SSSR count). The molecule has 0 aliphatic heterocycles. The minimum Gasteiger partial charge on any atom is -0.493 e. The number of unbranched alkanes of at least 4 members (excludes halogenated alkanes) is 2. The average molecular weight is 463 g/mol. The van der Waals surface area contributed by atoms with Crippen LogP contribution in [0.3, 0.4) is 0 Å². The molecule has 150 valence electrons. The van der Waals surface area contributed by atoms with Gasteiger partial charge in [-0.2, -0.15) is 0 Å². The zero-order valence-corrected chi connectivity index (χ0v) is 17.7. The fraction of sp³-hybridized carbons (Fsp3) is 0.400. The first-order valence-corrected chi connectivity index (χ1v) is 9.48. The maximum Gasteiger partial charge on any atom is 0.175 e. The molecule has 0 fully saturated rings. The van der Waals surface area contributed by atoms with Crippen LogP contribution in [0.5, 0.6) is 11.5 Å². The van der Waals surface area contributed by atoms with E-state index in [4.69, 9.17) is 14.6 Å². The van der Waals surface area contributed by atoms with Gasteiger partial charge in [-0.25, -0.2) is 4.39 Å². The molecule has 27 heavy (non-hydrogen) atoms. The third kappa shape index (κ3) is 8.05.